The molecule has 1 heterocycles. The fourth-order valence-electron chi connectivity index (χ4n) is 4.27. The molecule has 4 aromatic carbocycles. The third-order valence-electron chi connectivity index (χ3n) is 5.56. The molecule has 0 saturated heterocycles. The second-order valence-corrected chi connectivity index (χ2v) is 8.18. The van der Waals surface area contributed by atoms with Crippen LogP contribution in [0.25, 0.3) is 10.9 Å². The van der Waals surface area contributed by atoms with Gasteiger partial charge in [-0.2, -0.15) is 5.10 Å². The minimum absolute atomic E-state index is 0.518. The molecular weight excluding hydrogens is 434 g/mol. The Kier molecular flexibility index (Phi) is 4.64. The molecule has 0 amide bonds. The van der Waals surface area contributed by atoms with Crippen LogP contribution in [-0.2, 0) is 5.54 Å². The summed E-state index contributed by atoms with van der Waals surface area (Å²) in [5.74, 6) is 0.518. The van der Waals surface area contributed by atoms with Crippen molar-refractivity contribution >= 4 is 32.7 Å². The van der Waals surface area contributed by atoms with Crippen molar-refractivity contribution < 1.29 is 0 Å². The summed E-state index contributed by atoms with van der Waals surface area (Å²) in [5, 5.41) is 5.84. The van der Waals surface area contributed by atoms with Gasteiger partial charge in [-0.15, -0.1) is 0 Å². The largest absolute Gasteiger partial charge is 0.382 e. The zero-order valence-corrected chi connectivity index (χ0v) is 17.8. The minimum atomic E-state index is -0.680. The van der Waals surface area contributed by atoms with Crippen molar-refractivity contribution in [1.29, 1.82) is 0 Å². The number of hydrogen-bond acceptors (Lipinski definition) is 2. The number of nitrogens with two attached hydrogens (primary N) is 1. The number of nitrogen functional groups attached to an aromatic ring is 1. The Hall–Kier alpha value is -3.37. The van der Waals surface area contributed by atoms with Gasteiger partial charge in [0.05, 0.1) is 5.52 Å². The molecular formula is C26H20BrN3. The average molecular weight is 454 g/mol. The summed E-state index contributed by atoms with van der Waals surface area (Å²) in [6.45, 7) is 0. The van der Waals surface area contributed by atoms with E-state index in [-0.39, 0.29) is 0 Å². The first-order valence-electron chi connectivity index (χ1n) is 9.82. The van der Waals surface area contributed by atoms with Crippen molar-refractivity contribution in [3.8, 4) is 0 Å². The highest BCUT2D eigenvalue weighted by Gasteiger charge is 2.40. The van der Waals surface area contributed by atoms with E-state index in [0.717, 1.165) is 32.1 Å². The highest BCUT2D eigenvalue weighted by atomic mass is 79.9. The van der Waals surface area contributed by atoms with Gasteiger partial charge in [0.25, 0.3) is 0 Å². The lowest BCUT2D eigenvalue weighted by Crippen LogP contribution is -2.38. The van der Waals surface area contributed by atoms with Crippen LogP contribution < -0.4 is 5.73 Å². The molecule has 0 aliphatic carbocycles. The van der Waals surface area contributed by atoms with Crippen LogP contribution in [0.2, 0.25) is 0 Å². The second-order valence-electron chi connectivity index (χ2n) is 7.27. The number of rotatable bonds is 4. The van der Waals surface area contributed by atoms with Gasteiger partial charge in [-0.05, 0) is 34.9 Å². The fraction of sp³-hybridized carbons (Fsp3) is 0.0385. The summed E-state index contributed by atoms with van der Waals surface area (Å²) in [4.78, 5) is 0. The molecule has 0 saturated carbocycles. The summed E-state index contributed by atoms with van der Waals surface area (Å²) in [7, 11) is 0. The van der Waals surface area contributed by atoms with Crippen LogP contribution in [0, 0.1) is 0 Å². The third-order valence-corrected chi connectivity index (χ3v) is 6.06. The lowest BCUT2D eigenvalue weighted by Gasteiger charge is -2.37. The summed E-state index contributed by atoms with van der Waals surface area (Å²) < 4.78 is 3.06. The zero-order chi connectivity index (χ0) is 20.6. The Morgan fingerprint density at radius 3 is 1.60 bits per heavy atom. The molecule has 3 nitrogen and oxygen atoms in total. The number of benzene rings is 4. The maximum absolute atomic E-state index is 6.41. The molecule has 0 bridgehead atoms. The van der Waals surface area contributed by atoms with Gasteiger partial charge < -0.3 is 5.73 Å². The topological polar surface area (TPSA) is 43.8 Å². The summed E-state index contributed by atoms with van der Waals surface area (Å²) >= 11 is 3.63. The highest BCUT2D eigenvalue weighted by Crippen LogP contribution is 2.43. The van der Waals surface area contributed by atoms with E-state index < -0.39 is 5.54 Å². The van der Waals surface area contributed by atoms with E-state index in [1.807, 2.05) is 30.3 Å². The van der Waals surface area contributed by atoms with Crippen LogP contribution in [0.5, 0.6) is 0 Å². The molecule has 30 heavy (non-hydrogen) atoms. The van der Waals surface area contributed by atoms with Crippen molar-refractivity contribution in [2.24, 2.45) is 0 Å². The first-order valence-corrected chi connectivity index (χ1v) is 10.6. The first kappa shape index (κ1) is 18.6. The molecule has 5 rings (SSSR count). The molecule has 0 spiro atoms. The van der Waals surface area contributed by atoms with Crippen molar-refractivity contribution in [3.05, 3.63) is 130 Å². The van der Waals surface area contributed by atoms with Crippen molar-refractivity contribution in [3.63, 3.8) is 0 Å². The SMILES string of the molecule is Nc1nn(C(c2ccccc2)(c2ccccc2)c2ccccc2)c2cc(Br)ccc12. The van der Waals surface area contributed by atoms with Crippen LogP contribution in [-0.4, -0.2) is 9.78 Å². The van der Waals surface area contributed by atoms with E-state index >= 15 is 0 Å². The smallest absolute Gasteiger partial charge is 0.153 e. The first-order chi connectivity index (χ1) is 14.7. The van der Waals surface area contributed by atoms with E-state index in [0.29, 0.717) is 5.82 Å². The van der Waals surface area contributed by atoms with Gasteiger partial charge in [0.15, 0.2) is 5.82 Å². The molecule has 0 aliphatic heterocycles. The van der Waals surface area contributed by atoms with Crippen LogP contribution in [0.3, 0.4) is 0 Å². The van der Waals surface area contributed by atoms with E-state index in [4.69, 9.17) is 10.8 Å². The number of hydrogen-bond donors (Lipinski definition) is 1. The number of anilines is 1. The van der Waals surface area contributed by atoms with Crippen molar-refractivity contribution in [2.45, 2.75) is 5.54 Å². The average Bonchev–Trinajstić information content (AvgIpc) is 3.12. The summed E-state index contributed by atoms with van der Waals surface area (Å²) in [5.41, 5.74) is 10.1. The minimum Gasteiger partial charge on any atom is -0.382 e. The van der Waals surface area contributed by atoms with E-state index in [1.165, 1.54) is 0 Å². The number of aromatic nitrogens is 2. The third kappa shape index (κ3) is 2.84. The molecule has 2 N–H and O–H groups in total. The molecule has 0 atom stereocenters. The Bertz CT molecular complexity index is 1200. The maximum Gasteiger partial charge on any atom is 0.153 e. The van der Waals surface area contributed by atoms with Gasteiger partial charge in [0.1, 0.15) is 5.54 Å². The number of halogens is 1. The van der Waals surface area contributed by atoms with E-state index in [1.54, 1.807) is 0 Å². The lowest BCUT2D eigenvalue weighted by atomic mass is 9.77. The molecule has 5 aromatic rings. The second kappa shape index (κ2) is 7.47. The molecule has 1 aromatic heterocycles. The molecule has 0 aliphatic rings. The Morgan fingerprint density at radius 2 is 1.13 bits per heavy atom. The Balaban J connectivity index is 1.99. The van der Waals surface area contributed by atoms with Crippen LogP contribution in [0.1, 0.15) is 16.7 Å². The van der Waals surface area contributed by atoms with Gasteiger partial charge in [-0.25, -0.2) is 4.68 Å². The number of fused-ring (bicyclic) bond motifs is 1. The van der Waals surface area contributed by atoms with Crippen molar-refractivity contribution in [1.82, 2.24) is 9.78 Å². The summed E-state index contributed by atoms with van der Waals surface area (Å²) in [6, 6.07) is 37.6. The predicted molar refractivity (Wildman–Crippen MR) is 126 cm³/mol. The Morgan fingerprint density at radius 1 is 0.667 bits per heavy atom. The molecule has 4 heteroatoms. The molecule has 146 valence electrons. The van der Waals surface area contributed by atoms with Crippen LogP contribution in [0.4, 0.5) is 5.82 Å². The number of nitrogens with zero attached hydrogens (tertiary/aromatic N) is 2. The van der Waals surface area contributed by atoms with Gasteiger partial charge in [-0.1, -0.05) is 107 Å². The van der Waals surface area contributed by atoms with Gasteiger partial charge >= 0.3 is 0 Å². The standard InChI is InChI=1S/C26H20BrN3/c27-22-16-17-23-24(18-22)30(29-25(23)28)26(19-10-4-1-5-11-19,20-12-6-2-7-13-20)21-14-8-3-9-15-21/h1-18H,(H2,28,29). The predicted octanol–water partition coefficient (Wildman–Crippen LogP) is 6.22. The molecule has 0 unspecified atom stereocenters. The van der Waals surface area contributed by atoms with Crippen LogP contribution in [0.15, 0.2) is 114 Å². The summed E-state index contributed by atoms with van der Waals surface area (Å²) in [6.07, 6.45) is 0. The van der Waals surface area contributed by atoms with E-state index in [9.17, 15) is 0 Å². The quantitative estimate of drug-likeness (QED) is 0.328. The monoisotopic (exact) mass is 453 g/mol. The molecule has 0 radical (unpaired) electrons. The normalized spacial score (nSPS) is 11.6. The zero-order valence-electron chi connectivity index (χ0n) is 16.2. The Labute approximate surface area is 183 Å². The van der Waals surface area contributed by atoms with Gasteiger partial charge in [0.2, 0.25) is 0 Å². The van der Waals surface area contributed by atoms with Gasteiger partial charge in [0, 0.05) is 9.86 Å². The van der Waals surface area contributed by atoms with Crippen LogP contribution >= 0.6 is 15.9 Å². The maximum atomic E-state index is 6.41. The molecule has 0 fully saturated rings. The van der Waals surface area contributed by atoms with E-state index in [2.05, 4.69) is 99.5 Å². The van der Waals surface area contributed by atoms with Crippen molar-refractivity contribution in [2.75, 3.05) is 5.73 Å². The fourth-order valence-corrected chi connectivity index (χ4v) is 4.62. The van der Waals surface area contributed by atoms with Gasteiger partial charge in [-0.3, -0.25) is 0 Å². The highest BCUT2D eigenvalue weighted by molar-refractivity contribution is 9.10. The lowest BCUT2D eigenvalue weighted by molar-refractivity contribution is 0.477.